The molecule has 102 valence electrons. The molecule has 0 unspecified atom stereocenters. The Morgan fingerprint density at radius 2 is 1.70 bits per heavy atom. The molecule has 3 nitrogen and oxygen atoms in total. The number of aromatic hydroxyl groups is 1. The monoisotopic (exact) mass is 274 g/mol. The molecule has 0 atom stereocenters. The molecule has 2 aromatic rings. The number of benzene rings is 2. The van der Waals surface area contributed by atoms with Gasteiger partial charge in [-0.3, -0.25) is 0 Å². The summed E-state index contributed by atoms with van der Waals surface area (Å²) in [5, 5.41) is 20.4. The second-order valence-electron chi connectivity index (χ2n) is 4.27. The fourth-order valence-corrected chi connectivity index (χ4v) is 1.80. The van der Waals surface area contributed by atoms with Crippen molar-refractivity contribution in [1.29, 1.82) is 5.26 Å². The molecule has 0 aromatic heterocycles. The maximum atomic E-state index is 13.6. The molecule has 0 heterocycles. The van der Waals surface area contributed by atoms with Crippen molar-refractivity contribution < 1.29 is 13.9 Å². The van der Waals surface area contributed by atoms with Crippen LogP contribution in [0.3, 0.4) is 0 Å². The smallest absolute Gasteiger partial charge is 0.150 e. The Balaban J connectivity index is 2.01. The van der Waals surface area contributed by atoms with E-state index in [1.165, 1.54) is 0 Å². The Kier molecular flexibility index (Phi) is 4.16. The van der Waals surface area contributed by atoms with Gasteiger partial charge in [0.2, 0.25) is 0 Å². The lowest BCUT2D eigenvalue weighted by molar-refractivity contribution is 0.475. The molecule has 2 rings (SSSR count). The number of halogens is 2. The van der Waals surface area contributed by atoms with Crippen molar-refractivity contribution in [3.63, 3.8) is 0 Å². The lowest BCUT2D eigenvalue weighted by atomic mass is 10.1. The quantitative estimate of drug-likeness (QED) is 0.900. The minimum Gasteiger partial charge on any atom is -0.508 e. The van der Waals surface area contributed by atoms with Crippen molar-refractivity contribution in [3.05, 3.63) is 59.2 Å². The van der Waals surface area contributed by atoms with Crippen LogP contribution in [-0.4, -0.2) is 11.7 Å². The molecule has 5 heteroatoms. The first kappa shape index (κ1) is 13.8. The Labute approximate surface area is 115 Å². The van der Waals surface area contributed by atoms with Gasteiger partial charge < -0.3 is 10.4 Å². The van der Waals surface area contributed by atoms with Gasteiger partial charge in [-0.05, 0) is 36.2 Å². The standard InChI is InChI=1S/C15H12F2N2O/c16-13-7-11(9-18)8-14(17)15(13)19-6-5-10-1-3-12(20)4-2-10/h1-4,7-8,19-20H,5-6H2. The number of rotatable bonds is 4. The number of phenols is 1. The number of hydrogen-bond donors (Lipinski definition) is 2. The van der Waals surface area contributed by atoms with E-state index in [1.54, 1.807) is 30.3 Å². The van der Waals surface area contributed by atoms with Gasteiger partial charge in [0.15, 0.2) is 11.6 Å². The summed E-state index contributed by atoms with van der Waals surface area (Å²) in [6.45, 7) is 0.338. The van der Waals surface area contributed by atoms with Gasteiger partial charge in [0, 0.05) is 6.54 Å². The number of hydrogen-bond acceptors (Lipinski definition) is 3. The first-order valence-electron chi connectivity index (χ1n) is 6.01. The molecular formula is C15H12F2N2O. The average molecular weight is 274 g/mol. The highest BCUT2D eigenvalue weighted by Gasteiger charge is 2.10. The van der Waals surface area contributed by atoms with Crippen molar-refractivity contribution in [2.45, 2.75) is 6.42 Å². The molecule has 0 fully saturated rings. The summed E-state index contributed by atoms with van der Waals surface area (Å²) in [6.07, 6.45) is 0.555. The van der Waals surface area contributed by atoms with E-state index in [2.05, 4.69) is 5.32 Å². The summed E-state index contributed by atoms with van der Waals surface area (Å²) in [6, 6.07) is 10.3. The minimum atomic E-state index is -0.785. The van der Waals surface area contributed by atoms with Gasteiger partial charge in [-0.2, -0.15) is 5.26 Å². The van der Waals surface area contributed by atoms with Crippen molar-refractivity contribution in [2.75, 3.05) is 11.9 Å². The number of phenolic OH excluding ortho intramolecular Hbond substituents is 1. The summed E-state index contributed by atoms with van der Waals surface area (Å²) in [7, 11) is 0. The van der Waals surface area contributed by atoms with Crippen LogP contribution in [0, 0.1) is 23.0 Å². The number of nitrogens with zero attached hydrogens (tertiary/aromatic N) is 1. The highest BCUT2D eigenvalue weighted by Crippen LogP contribution is 2.20. The third-order valence-electron chi connectivity index (χ3n) is 2.82. The average Bonchev–Trinajstić information content (AvgIpc) is 2.43. The van der Waals surface area contributed by atoms with Crippen LogP contribution in [0.4, 0.5) is 14.5 Å². The molecule has 0 spiro atoms. The zero-order valence-corrected chi connectivity index (χ0v) is 10.5. The van der Waals surface area contributed by atoms with E-state index in [4.69, 9.17) is 10.4 Å². The first-order chi connectivity index (χ1) is 9.60. The van der Waals surface area contributed by atoms with E-state index in [1.807, 2.05) is 0 Å². The van der Waals surface area contributed by atoms with Gasteiger partial charge in [-0.15, -0.1) is 0 Å². The van der Waals surface area contributed by atoms with Crippen LogP contribution in [0.2, 0.25) is 0 Å². The highest BCUT2D eigenvalue weighted by atomic mass is 19.1. The Morgan fingerprint density at radius 1 is 1.10 bits per heavy atom. The zero-order valence-electron chi connectivity index (χ0n) is 10.5. The summed E-state index contributed by atoms with van der Waals surface area (Å²) >= 11 is 0. The van der Waals surface area contributed by atoms with Crippen LogP contribution < -0.4 is 5.32 Å². The largest absolute Gasteiger partial charge is 0.508 e. The fraction of sp³-hybridized carbons (Fsp3) is 0.133. The summed E-state index contributed by atoms with van der Waals surface area (Å²) in [5.41, 5.74) is 0.650. The van der Waals surface area contributed by atoms with Gasteiger partial charge in [0.1, 0.15) is 11.4 Å². The zero-order chi connectivity index (χ0) is 14.5. The second-order valence-corrected chi connectivity index (χ2v) is 4.27. The molecule has 0 saturated carbocycles. The van der Waals surface area contributed by atoms with Crippen LogP contribution >= 0.6 is 0 Å². The topological polar surface area (TPSA) is 56.0 Å². The van der Waals surface area contributed by atoms with E-state index in [0.29, 0.717) is 13.0 Å². The number of nitrogens with one attached hydrogen (secondary N) is 1. The maximum absolute atomic E-state index is 13.6. The molecule has 2 N–H and O–H groups in total. The SMILES string of the molecule is N#Cc1cc(F)c(NCCc2ccc(O)cc2)c(F)c1. The van der Waals surface area contributed by atoms with Gasteiger partial charge in [0.25, 0.3) is 0 Å². The molecule has 0 aliphatic carbocycles. The first-order valence-corrected chi connectivity index (χ1v) is 6.01. The van der Waals surface area contributed by atoms with Crippen LogP contribution in [0.15, 0.2) is 36.4 Å². The van der Waals surface area contributed by atoms with Gasteiger partial charge in [0.05, 0.1) is 11.6 Å². The van der Waals surface area contributed by atoms with Crippen LogP contribution in [-0.2, 0) is 6.42 Å². The Morgan fingerprint density at radius 3 is 2.25 bits per heavy atom. The van der Waals surface area contributed by atoms with Gasteiger partial charge in [-0.1, -0.05) is 12.1 Å². The van der Waals surface area contributed by atoms with E-state index >= 15 is 0 Å². The summed E-state index contributed by atoms with van der Waals surface area (Å²) in [5.74, 6) is -1.40. The number of anilines is 1. The Hall–Kier alpha value is -2.61. The van der Waals surface area contributed by atoms with Crippen molar-refractivity contribution in [2.24, 2.45) is 0 Å². The van der Waals surface area contributed by atoms with Crippen LogP contribution in [0.1, 0.15) is 11.1 Å². The predicted octanol–water partition coefficient (Wildman–Crippen LogP) is 3.20. The third kappa shape index (κ3) is 3.23. The van der Waals surface area contributed by atoms with Crippen molar-refractivity contribution in [3.8, 4) is 11.8 Å². The summed E-state index contributed by atoms with van der Waals surface area (Å²) < 4.78 is 27.2. The van der Waals surface area contributed by atoms with Gasteiger partial charge in [-0.25, -0.2) is 8.78 Å². The second kappa shape index (κ2) is 6.02. The van der Waals surface area contributed by atoms with Crippen LogP contribution in [0.25, 0.3) is 0 Å². The lowest BCUT2D eigenvalue weighted by Crippen LogP contribution is -2.08. The predicted molar refractivity (Wildman–Crippen MR) is 71.4 cm³/mol. The van der Waals surface area contributed by atoms with E-state index in [0.717, 1.165) is 17.7 Å². The number of nitriles is 1. The molecule has 0 radical (unpaired) electrons. The third-order valence-corrected chi connectivity index (χ3v) is 2.82. The molecule has 0 amide bonds. The highest BCUT2D eigenvalue weighted by molar-refractivity contribution is 5.50. The molecule has 0 saturated heterocycles. The molecule has 0 aliphatic heterocycles. The van der Waals surface area contributed by atoms with E-state index in [9.17, 15) is 8.78 Å². The fourth-order valence-electron chi connectivity index (χ4n) is 1.80. The normalized spacial score (nSPS) is 10.1. The van der Waals surface area contributed by atoms with Gasteiger partial charge >= 0.3 is 0 Å². The van der Waals surface area contributed by atoms with E-state index < -0.39 is 11.6 Å². The molecule has 0 aliphatic rings. The lowest BCUT2D eigenvalue weighted by Gasteiger charge is -2.09. The molecular weight excluding hydrogens is 262 g/mol. The van der Waals surface area contributed by atoms with Crippen LogP contribution in [0.5, 0.6) is 5.75 Å². The van der Waals surface area contributed by atoms with Crippen molar-refractivity contribution in [1.82, 2.24) is 0 Å². The van der Waals surface area contributed by atoms with E-state index in [-0.39, 0.29) is 17.0 Å². The molecule has 0 bridgehead atoms. The molecule has 2 aromatic carbocycles. The Bertz CT molecular complexity index is 625. The molecule has 20 heavy (non-hydrogen) atoms. The maximum Gasteiger partial charge on any atom is 0.150 e. The van der Waals surface area contributed by atoms with Crippen molar-refractivity contribution >= 4 is 5.69 Å². The summed E-state index contributed by atoms with van der Waals surface area (Å²) in [4.78, 5) is 0. The minimum absolute atomic E-state index is 0.0518.